The highest BCUT2D eigenvalue weighted by Gasteiger charge is 2.46. The molecule has 1 fully saturated rings. The van der Waals surface area contributed by atoms with Gasteiger partial charge in [0.2, 0.25) is 0 Å². The average Bonchev–Trinajstić information content (AvgIpc) is 2.09. The van der Waals surface area contributed by atoms with E-state index in [1.165, 1.54) is 0 Å². The summed E-state index contributed by atoms with van der Waals surface area (Å²) < 4.78 is 27.0. The number of alkyl halides is 2. The van der Waals surface area contributed by atoms with Gasteiger partial charge in [-0.2, -0.15) is 0 Å². The van der Waals surface area contributed by atoms with E-state index in [0.29, 0.717) is 6.42 Å². The van der Waals surface area contributed by atoms with Gasteiger partial charge in [0.1, 0.15) is 0 Å². The summed E-state index contributed by atoms with van der Waals surface area (Å²) >= 11 is 0. The van der Waals surface area contributed by atoms with Crippen molar-refractivity contribution in [2.24, 2.45) is 17.1 Å². The van der Waals surface area contributed by atoms with Crippen LogP contribution in [0.4, 0.5) is 8.78 Å². The maximum Gasteiger partial charge on any atom is 0.263 e. The van der Waals surface area contributed by atoms with Crippen LogP contribution in [-0.4, -0.2) is 12.0 Å². The molecule has 2 unspecified atom stereocenters. The highest BCUT2D eigenvalue weighted by atomic mass is 19.3. The molecule has 0 aromatic carbocycles. The molecule has 0 aromatic heterocycles. The van der Waals surface area contributed by atoms with E-state index < -0.39 is 12.0 Å². The molecule has 0 bridgehead atoms. The quantitative estimate of drug-likeness (QED) is 0.771. The van der Waals surface area contributed by atoms with Crippen molar-refractivity contribution in [1.29, 1.82) is 0 Å². The fourth-order valence-corrected chi connectivity index (χ4v) is 2.69. The van der Waals surface area contributed by atoms with Crippen molar-refractivity contribution in [1.82, 2.24) is 0 Å². The van der Waals surface area contributed by atoms with Crippen LogP contribution in [0.3, 0.4) is 0 Å². The monoisotopic (exact) mass is 219 g/mol. The Morgan fingerprint density at radius 1 is 1.33 bits per heavy atom. The summed E-state index contributed by atoms with van der Waals surface area (Å²) in [7, 11) is 0. The summed E-state index contributed by atoms with van der Waals surface area (Å²) in [5, 5.41) is 0. The second-order valence-electron chi connectivity index (χ2n) is 5.58. The zero-order chi connectivity index (χ0) is 11.7. The Bertz CT molecular complexity index is 214. The van der Waals surface area contributed by atoms with Gasteiger partial charge in [-0.15, -0.1) is 0 Å². The SMILES string of the molecule is CCCC(C)(C)C1CCC(N)C(F)(F)C1. The van der Waals surface area contributed by atoms with Crippen LogP contribution in [0, 0.1) is 11.3 Å². The summed E-state index contributed by atoms with van der Waals surface area (Å²) in [6, 6.07) is -0.925. The molecule has 3 heteroatoms. The molecular formula is C12H23F2N. The van der Waals surface area contributed by atoms with Crippen molar-refractivity contribution in [3.8, 4) is 0 Å². The summed E-state index contributed by atoms with van der Waals surface area (Å²) in [6.45, 7) is 6.32. The molecule has 0 aromatic rings. The highest BCUT2D eigenvalue weighted by molar-refractivity contribution is 4.93. The van der Waals surface area contributed by atoms with Gasteiger partial charge in [-0.05, 0) is 30.6 Å². The molecule has 0 amide bonds. The number of nitrogens with two attached hydrogens (primary N) is 1. The number of rotatable bonds is 3. The Morgan fingerprint density at radius 3 is 2.40 bits per heavy atom. The molecule has 1 rings (SSSR count). The van der Waals surface area contributed by atoms with Crippen LogP contribution < -0.4 is 5.73 Å². The summed E-state index contributed by atoms with van der Waals surface area (Å²) in [6.07, 6.45) is 3.36. The topological polar surface area (TPSA) is 26.0 Å². The zero-order valence-corrected chi connectivity index (χ0v) is 10.0. The minimum Gasteiger partial charge on any atom is -0.323 e. The molecule has 2 N–H and O–H groups in total. The molecule has 0 radical (unpaired) electrons. The third-order valence-electron chi connectivity index (χ3n) is 3.89. The third kappa shape index (κ3) is 2.90. The first-order valence-electron chi connectivity index (χ1n) is 5.93. The Balaban J connectivity index is 2.66. The van der Waals surface area contributed by atoms with E-state index in [-0.39, 0.29) is 17.8 Å². The van der Waals surface area contributed by atoms with Crippen LogP contribution in [0.15, 0.2) is 0 Å². The molecule has 0 spiro atoms. The van der Waals surface area contributed by atoms with Crippen LogP contribution in [-0.2, 0) is 0 Å². The Morgan fingerprint density at radius 2 is 1.93 bits per heavy atom. The van der Waals surface area contributed by atoms with Gasteiger partial charge in [0.25, 0.3) is 5.92 Å². The van der Waals surface area contributed by atoms with E-state index in [9.17, 15) is 8.78 Å². The van der Waals surface area contributed by atoms with E-state index >= 15 is 0 Å². The van der Waals surface area contributed by atoms with Gasteiger partial charge in [-0.3, -0.25) is 0 Å². The lowest BCUT2D eigenvalue weighted by Gasteiger charge is -2.42. The first-order valence-corrected chi connectivity index (χ1v) is 5.93. The molecule has 0 saturated heterocycles. The smallest absolute Gasteiger partial charge is 0.263 e. The van der Waals surface area contributed by atoms with E-state index in [1.54, 1.807) is 0 Å². The normalized spacial score (nSPS) is 31.6. The molecule has 15 heavy (non-hydrogen) atoms. The van der Waals surface area contributed by atoms with Gasteiger partial charge in [0.15, 0.2) is 0 Å². The Kier molecular flexibility index (Phi) is 3.75. The van der Waals surface area contributed by atoms with Gasteiger partial charge in [0.05, 0.1) is 6.04 Å². The molecule has 2 atom stereocenters. The standard InChI is InChI=1S/C12H23F2N/c1-4-7-11(2,3)9-5-6-10(15)12(13,14)8-9/h9-10H,4-8,15H2,1-3H3. The van der Waals surface area contributed by atoms with Crippen molar-refractivity contribution in [2.45, 2.75) is 64.8 Å². The van der Waals surface area contributed by atoms with Crippen LogP contribution in [0.25, 0.3) is 0 Å². The van der Waals surface area contributed by atoms with Crippen molar-refractivity contribution in [3.63, 3.8) is 0 Å². The van der Waals surface area contributed by atoms with Gasteiger partial charge >= 0.3 is 0 Å². The van der Waals surface area contributed by atoms with Gasteiger partial charge in [-0.25, -0.2) is 8.78 Å². The lowest BCUT2D eigenvalue weighted by atomic mass is 9.67. The second kappa shape index (κ2) is 4.36. The molecule has 1 aliphatic rings. The van der Waals surface area contributed by atoms with E-state index in [4.69, 9.17) is 5.73 Å². The highest BCUT2D eigenvalue weighted by Crippen LogP contribution is 2.46. The third-order valence-corrected chi connectivity index (χ3v) is 3.89. The minimum absolute atomic E-state index is 0.0261. The largest absolute Gasteiger partial charge is 0.323 e. The molecule has 1 aliphatic carbocycles. The maximum absolute atomic E-state index is 13.5. The van der Waals surface area contributed by atoms with Crippen LogP contribution >= 0.6 is 0 Å². The summed E-state index contributed by atoms with van der Waals surface area (Å²) in [5.74, 6) is -2.54. The second-order valence-corrected chi connectivity index (χ2v) is 5.58. The van der Waals surface area contributed by atoms with Crippen molar-refractivity contribution in [3.05, 3.63) is 0 Å². The molecule has 0 heterocycles. The predicted octanol–water partition coefficient (Wildman–Crippen LogP) is 3.58. The van der Waals surface area contributed by atoms with Crippen LogP contribution in [0.2, 0.25) is 0 Å². The summed E-state index contributed by atoms with van der Waals surface area (Å²) in [4.78, 5) is 0. The predicted molar refractivity (Wildman–Crippen MR) is 59.0 cm³/mol. The molecular weight excluding hydrogens is 196 g/mol. The fourth-order valence-electron chi connectivity index (χ4n) is 2.69. The molecule has 0 aliphatic heterocycles. The van der Waals surface area contributed by atoms with Gasteiger partial charge < -0.3 is 5.73 Å². The van der Waals surface area contributed by atoms with Crippen LogP contribution in [0.5, 0.6) is 0 Å². The van der Waals surface area contributed by atoms with E-state index in [0.717, 1.165) is 19.3 Å². The van der Waals surface area contributed by atoms with Crippen molar-refractivity contribution >= 4 is 0 Å². The van der Waals surface area contributed by atoms with Crippen molar-refractivity contribution < 1.29 is 8.78 Å². The minimum atomic E-state index is -2.66. The number of halogens is 2. The van der Waals surface area contributed by atoms with E-state index in [2.05, 4.69) is 20.8 Å². The summed E-state index contributed by atoms with van der Waals surface area (Å²) in [5.41, 5.74) is 5.47. The zero-order valence-electron chi connectivity index (χ0n) is 10.0. The lowest BCUT2D eigenvalue weighted by Crippen LogP contribution is -2.48. The number of hydrogen-bond acceptors (Lipinski definition) is 1. The maximum atomic E-state index is 13.5. The molecule has 90 valence electrons. The average molecular weight is 219 g/mol. The Hall–Kier alpha value is -0.180. The van der Waals surface area contributed by atoms with Gasteiger partial charge in [0, 0.05) is 6.42 Å². The van der Waals surface area contributed by atoms with E-state index in [1.807, 2.05) is 0 Å². The Labute approximate surface area is 91.4 Å². The lowest BCUT2D eigenvalue weighted by molar-refractivity contribution is -0.0893. The molecule has 1 saturated carbocycles. The molecule has 1 nitrogen and oxygen atoms in total. The van der Waals surface area contributed by atoms with Gasteiger partial charge in [-0.1, -0.05) is 27.2 Å². The number of hydrogen-bond donors (Lipinski definition) is 1. The van der Waals surface area contributed by atoms with Crippen LogP contribution in [0.1, 0.15) is 52.9 Å². The first-order chi connectivity index (χ1) is 6.79. The fraction of sp³-hybridized carbons (Fsp3) is 1.00. The first kappa shape index (κ1) is 12.9. The van der Waals surface area contributed by atoms with Crippen molar-refractivity contribution in [2.75, 3.05) is 0 Å².